The predicted molar refractivity (Wildman–Crippen MR) is 75.0 cm³/mol. The third-order valence-corrected chi connectivity index (χ3v) is 4.46. The van der Waals surface area contributed by atoms with Crippen molar-refractivity contribution >= 4 is 11.2 Å². The molecule has 0 amide bonds. The molecule has 1 aliphatic heterocycles. The zero-order valence-corrected chi connectivity index (χ0v) is 11.4. The first-order chi connectivity index (χ1) is 9.38. The molecular weight excluding hydrogens is 236 g/mol. The minimum absolute atomic E-state index is 0.500. The van der Waals surface area contributed by atoms with Crippen molar-refractivity contribution in [2.24, 2.45) is 0 Å². The van der Waals surface area contributed by atoms with Gasteiger partial charge in [-0.15, -0.1) is 0 Å². The molecule has 0 bridgehead atoms. The van der Waals surface area contributed by atoms with E-state index in [9.17, 15) is 0 Å². The van der Waals surface area contributed by atoms with Gasteiger partial charge in [-0.25, -0.2) is 9.97 Å². The minimum Gasteiger partial charge on any atom is -0.308 e. The summed E-state index contributed by atoms with van der Waals surface area (Å²) in [6.07, 6.45) is 6.99. The van der Waals surface area contributed by atoms with Gasteiger partial charge in [-0.2, -0.15) is 0 Å². The SMILES string of the molecule is CCN1CCCC1c1nc2cccnc2n1C1CC1. The average molecular weight is 256 g/mol. The molecule has 0 radical (unpaired) electrons. The van der Waals surface area contributed by atoms with Crippen LogP contribution in [0, 0.1) is 0 Å². The zero-order valence-electron chi connectivity index (χ0n) is 11.4. The quantitative estimate of drug-likeness (QED) is 0.846. The van der Waals surface area contributed by atoms with Gasteiger partial charge in [-0.05, 0) is 50.9 Å². The molecule has 1 saturated heterocycles. The summed E-state index contributed by atoms with van der Waals surface area (Å²) < 4.78 is 2.42. The van der Waals surface area contributed by atoms with Crippen LogP contribution in [-0.2, 0) is 0 Å². The van der Waals surface area contributed by atoms with Crippen LogP contribution >= 0.6 is 0 Å². The fourth-order valence-electron chi connectivity index (χ4n) is 3.37. The number of fused-ring (bicyclic) bond motifs is 1. The van der Waals surface area contributed by atoms with Crippen LogP contribution in [0.5, 0.6) is 0 Å². The lowest BCUT2D eigenvalue weighted by Crippen LogP contribution is -2.25. The van der Waals surface area contributed by atoms with E-state index in [1.165, 1.54) is 38.1 Å². The van der Waals surface area contributed by atoms with Gasteiger partial charge >= 0.3 is 0 Å². The first-order valence-electron chi connectivity index (χ1n) is 7.45. The standard InChI is InChI=1S/C15H20N4/c1-2-18-10-4-6-13(18)15-17-12-5-3-9-16-14(12)19(15)11-7-8-11/h3,5,9,11,13H,2,4,6-8,10H2,1H3. The van der Waals surface area contributed by atoms with Gasteiger partial charge in [0.05, 0.1) is 6.04 Å². The van der Waals surface area contributed by atoms with Gasteiger partial charge in [-0.3, -0.25) is 4.90 Å². The highest BCUT2D eigenvalue weighted by atomic mass is 15.3. The third kappa shape index (κ3) is 1.77. The van der Waals surface area contributed by atoms with Crippen molar-refractivity contribution in [1.82, 2.24) is 19.4 Å². The molecule has 100 valence electrons. The number of hydrogen-bond donors (Lipinski definition) is 0. The van der Waals surface area contributed by atoms with E-state index < -0.39 is 0 Å². The van der Waals surface area contributed by atoms with Crippen LogP contribution in [0.25, 0.3) is 11.2 Å². The normalized spacial score (nSPS) is 24.4. The number of likely N-dealkylation sites (tertiary alicyclic amines) is 1. The second kappa shape index (κ2) is 4.30. The summed E-state index contributed by atoms with van der Waals surface area (Å²) in [5, 5.41) is 0. The number of hydrogen-bond acceptors (Lipinski definition) is 3. The third-order valence-electron chi connectivity index (χ3n) is 4.46. The van der Waals surface area contributed by atoms with Gasteiger partial charge in [0.1, 0.15) is 11.3 Å². The molecule has 4 rings (SSSR count). The predicted octanol–water partition coefficient (Wildman–Crippen LogP) is 2.92. The molecule has 2 aromatic rings. The van der Waals surface area contributed by atoms with Crippen LogP contribution in [0.2, 0.25) is 0 Å². The van der Waals surface area contributed by atoms with Crippen LogP contribution in [0.15, 0.2) is 18.3 Å². The molecule has 1 atom stereocenters. The Morgan fingerprint density at radius 2 is 2.21 bits per heavy atom. The molecule has 19 heavy (non-hydrogen) atoms. The lowest BCUT2D eigenvalue weighted by Gasteiger charge is -2.23. The van der Waals surface area contributed by atoms with Crippen molar-refractivity contribution in [3.05, 3.63) is 24.2 Å². The summed E-state index contributed by atoms with van der Waals surface area (Å²) in [5.41, 5.74) is 2.15. The summed E-state index contributed by atoms with van der Waals surface area (Å²) in [6.45, 7) is 4.58. The smallest absolute Gasteiger partial charge is 0.160 e. The van der Waals surface area contributed by atoms with E-state index in [0.717, 1.165) is 17.7 Å². The summed E-state index contributed by atoms with van der Waals surface area (Å²) >= 11 is 0. The van der Waals surface area contributed by atoms with Crippen LogP contribution in [-0.4, -0.2) is 32.5 Å². The molecule has 2 fully saturated rings. The van der Waals surface area contributed by atoms with E-state index in [-0.39, 0.29) is 0 Å². The molecule has 1 saturated carbocycles. The van der Waals surface area contributed by atoms with Crippen LogP contribution in [0.4, 0.5) is 0 Å². The van der Waals surface area contributed by atoms with Crippen molar-refractivity contribution in [2.45, 2.75) is 44.7 Å². The Morgan fingerprint density at radius 3 is 3.00 bits per heavy atom. The van der Waals surface area contributed by atoms with Crippen molar-refractivity contribution < 1.29 is 0 Å². The minimum atomic E-state index is 0.500. The van der Waals surface area contributed by atoms with Crippen LogP contribution in [0.1, 0.15) is 50.5 Å². The van der Waals surface area contributed by atoms with Gasteiger partial charge in [0.15, 0.2) is 5.65 Å². The van der Waals surface area contributed by atoms with Crippen LogP contribution in [0.3, 0.4) is 0 Å². The monoisotopic (exact) mass is 256 g/mol. The molecule has 4 heteroatoms. The van der Waals surface area contributed by atoms with E-state index >= 15 is 0 Å². The molecule has 1 aliphatic carbocycles. The maximum atomic E-state index is 4.91. The number of nitrogens with zero attached hydrogens (tertiary/aromatic N) is 4. The van der Waals surface area contributed by atoms with Crippen molar-refractivity contribution in [2.75, 3.05) is 13.1 Å². The van der Waals surface area contributed by atoms with E-state index in [2.05, 4.69) is 27.4 Å². The molecule has 1 unspecified atom stereocenters. The van der Waals surface area contributed by atoms with E-state index in [4.69, 9.17) is 4.98 Å². The first kappa shape index (κ1) is 11.4. The van der Waals surface area contributed by atoms with E-state index in [1.807, 2.05) is 12.3 Å². The molecule has 3 heterocycles. The molecule has 0 spiro atoms. The van der Waals surface area contributed by atoms with Gasteiger partial charge < -0.3 is 4.57 Å². The Balaban J connectivity index is 1.86. The number of pyridine rings is 1. The highest BCUT2D eigenvalue weighted by Gasteiger charge is 2.35. The maximum Gasteiger partial charge on any atom is 0.160 e. The van der Waals surface area contributed by atoms with E-state index in [0.29, 0.717) is 12.1 Å². The Morgan fingerprint density at radius 1 is 1.32 bits per heavy atom. The second-order valence-electron chi connectivity index (χ2n) is 5.70. The number of rotatable bonds is 3. The highest BCUT2D eigenvalue weighted by molar-refractivity contribution is 5.71. The average Bonchev–Trinajstić information content (AvgIpc) is 3.05. The fourth-order valence-corrected chi connectivity index (χ4v) is 3.37. The second-order valence-corrected chi connectivity index (χ2v) is 5.70. The van der Waals surface area contributed by atoms with Crippen molar-refractivity contribution in [1.29, 1.82) is 0 Å². The summed E-state index contributed by atoms with van der Waals surface area (Å²) in [7, 11) is 0. The van der Waals surface area contributed by atoms with Gasteiger partial charge in [0.25, 0.3) is 0 Å². The highest BCUT2D eigenvalue weighted by Crippen LogP contribution is 2.42. The van der Waals surface area contributed by atoms with Crippen molar-refractivity contribution in [3.63, 3.8) is 0 Å². The van der Waals surface area contributed by atoms with Gasteiger partial charge in [-0.1, -0.05) is 6.92 Å². The molecule has 0 N–H and O–H groups in total. The Kier molecular flexibility index (Phi) is 2.58. The van der Waals surface area contributed by atoms with Crippen molar-refractivity contribution in [3.8, 4) is 0 Å². The molecule has 0 aromatic carbocycles. The zero-order chi connectivity index (χ0) is 12.8. The lowest BCUT2D eigenvalue weighted by atomic mass is 10.2. The summed E-state index contributed by atoms with van der Waals surface area (Å²) in [4.78, 5) is 12.0. The Bertz CT molecular complexity index is 599. The lowest BCUT2D eigenvalue weighted by molar-refractivity contribution is 0.257. The van der Waals surface area contributed by atoms with Crippen LogP contribution < -0.4 is 0 Å². The Labute approximate surface area is 113 Å². The topological polar surface area (TPSA) is 34.0 Å². The summed E-state index contributed by atoms with van der Waals surface area (Å²) in [5.74, 6) is 1.26. The van der Waals surface area contributed by atoms with Gasteiger partial charge in [0.2, 0.25) is 0 Å². The molecule has 2 aliphatic rings. The summed E-state index contributed by atoms with van der Waals surface area (Å²) in [6, 6.07) is 5.23. The number of imidazole rings is 1. The fraction of sp³-hybridized carbons (Fsp3) is 0.600. The Hall–Kier alpha value is -1.42. The van der Waals surface area contributed by atoms with Gasteiger partial charge in [0, 0.05) is 12.2 Å². The van der Waals surface area contributed by atoms with E-state index in [1.54, 1.807) is 0 Å². The molecular formula is C15H20N4. The number of aromatic nitrogens is 3. The first-order valence-corrected chi connectivity index (χ1v) is 7.45. The maximum absolute atomic E-state index is 4.91. The largest absolute Gasteiger partial charge is 0.308 e. The molecule has 2 aromatic heterocycles. The molecule has 4 nitrogen and oxygen atoms in total.